The molecule has 27 heavy (non-hydrogen) atoms. The second kappa shape index (κ2) is 7.31. The van der Waals surface area contributed by atoms with Crippen molar-refractivity contribution in [1.29, 1.82) is 0 Å². The van der Waals surface area contributed by atoms with E-state index in [9.17, 15) is 14.7 Å². The minimum atomic E-state index is -0.586. The normalized spacial score (nSPS) is 21.5. The number of aryl methyl sites for hydroxylation is 2. The number of aliphatic hydroxyl groups is 1. The Morgan fingerprint density at radius 1 is 1.19 bits per heavy atom. The lowest BCUT2D eigenvalue weighted by molar-refractivity contribution is -0.139. The van der Waals surface area contributed by atoms with Crippen LogP contribution < -0.4 is 0 Å². The Balaban J connectivity index is 1.83. The first-order chi connectivity index (χ1) is 13.1. The highest BCUT2D eigenvalue weighted by Gasteiger charge is 2.46. The number of fused-ring (bicyclic) bond motifs is 1. The Hall–Kier alpha value is -2.40. The van der Waals surface area contributed by atoms with Gasteiger partial charge in [-0.2, -0.15) is 0 Å². The van der Waals surface area contributed by atoms with Gasteiger partial charge in [0.1, 0.15) is 5.76 Å². The highest BCUT2D eigenvalue weighted by Crippen LogP contribution is 2.41. The van der Waals surface area contributed by atoms with Gasteiger partial charge >= 0.3 is 0 Å². The number of ketones is 1. The van der Waals surface area contributed by atoms with Gasteiger partial charge in [0.2, 0.25) is 0 Å². The minimum Gasteiger partial charge on any atom is -0.507 e. The second-order valence-electron chi connectivity index (χ2n) is 7.20. The van der Waals surface area contributed by atoms with E-state index in [1.807, 2.05) is 42.6 Å². The quantitative estimate of drug-likeness (QED) is 0.483. The van der Waals surface area contributed by atoms with Crippen molar-refractivity contribution in [1.82, 2.24) is 4.90 Å². The van der Waals surface area contributed by atoms with Gasteiger partial charge in [-0.15, -0.1) is 11.3 Å². The molecule has 1 saturated heterocycles. The lowest BCUT2D eigenvalue weighted by Crippen LogP contribution is -2.30. The molecule has 2 aliphatic rings. The zero-order valence-corrected chi connectivity index (χ0v) is 16.2. The van der Waals surface area contributed by atoms with Crippen molar-refractivity contribution >= 4 is 28.8 Å². The monoisotopic (exact) mass is 381 g/mol. The molecular formula is C22H23NO3S. The van der Waals surface area contributed by atoms with Crippen LogP contribution in [0.5, 0.6) is 0 Å². The SMILES string of the molecule is CCCN1C(=O)C(=O)/C(=C(\O)c2ccc3c(c2)CCCC3)C1c1cccs1. The molecule has 1 aromatic heterocycles. The van der Waals surface area contributed by atoms with Crippen LogP contribution >= 0.6 is 11.3 Å². The van der Waals surface area contributed by atoms with Crippen molar-refractivity contribution < 1.29 is 14.7 Å². The molecule has 1 unspecified atom stereocenters. The van der Waals surface area contributed by atoms with Crippen LogP contribution in [0.4, 0.5) is 0 Å². The standard InChI is InChI=1S/C22H23NO3S/c1-2-11-23-19(17-8-5-12-27-17)18(21(25)22(23)26)20(24)16-10-9-14-6-3-4-7-15(14)13-16/h5,8-10,12-13,19,24H,2-4,6-7,11H2,1H3/b20-18-. The highest BCUT2D eigenvalue weighted by molar-refractivity contribution is 7.10. The van der Waals surface area contributed by atoms with Crippen LogP contribution in [0, 0.1) is 0 Å². The number of Topliss-reactive ketones (excluding diaryl/α,β-unsaturated/α-hetero) is 1. The van der Waals surface area contributed by atoms with E-state index >= 15 is 0 Å². The van der Waals surface area contributed by atoms with Crippen molar-refractivity contribution in [3.63, 3.8) is 0 Å². The number of nitrogens with zero attached hydrogens (tertiary/aromatic N) is 1. The van der Waals surface area contributed by atoms with E-state index in [0.29, 0.717) is 12.1 Å². The fraction of sp³-hybridized carbons (Fsp3) is 0.364. The van der Waals surface area contributed by atoms with Crippen LogP contribution in [-0.2, 0) is 22.4 Å². The van der Waals surface area contributed by atoms with Gasteiger partial charge in [-0.3, -0.25) is 9.59 Å². The summed E-state index contributed by atoms with van der Waals surface area (Å²) in [5.41, 5.74) is 3.40. The van der Waals surface area contributed by atoms with E-state index in [1.165, 1.54) is 28.9 Å². The molecule has 4 nitrogen and oxygen atoms in total. The molecule has 5 heteroatoms. The maximum Gasteiger partial charge on any atom is 0.295 e. The summed E-state index contributed by atoms with van der Waals surface area (Å²) in [6.45, 7) is 2.47. The van der Waals surface area contributed by atoms with E-state index in [-0.39, 0.29) is 11.3 Å². The van der Waals surface area contributed by atoms with Crippen molar-refractivity contribution in [3.05, 3.63) is 62.9 Å². The van der Waals surface area contributed by atoms with E-state index in [1.54, 1.807) is 4.90 Å². The number of carbonyl (C=O) groups is 2. The van der Waals surface area contributed by atoms with Gasteiger partial charge < -0.3 is 10.0 Å². The molecule has 4 rings (SSSR count). The van der Waals surface area contributed by atoms with Crippen LogP contribution in [0.25, 0.3) is 5.76 Å². The number of thiophene rings is 1. The van der Waals surface area contributed by atoms with Crippen LogP contribution in [-0.4, -0.2) is 28.2 Å². The molecule has 2 aromatic rings. The Morgan fingerprint density at radius 3 is 2.67 bits per heavy atom. The summed E-state index contributed by atoms with van der Waals surface area (Å²) >= 11 is 1.50. The first kappa shape index (κ1) is 18.0. The third-order valence-electron chi connectivity index (χ3n) is 5.44. The minimum absolute atomic E-state index is 0.0567. The lowest BCUT2D eigenvalue weighted by atomic mass is 9.89. The number of likely N-dealkylation sites (tertiary alicyclic amines) is 1. The maximum atomic E-state index is 12.8. The van der Waals surface area contributed by atoms with E-state index < -0.39 is 17.7 Å². The van der Waals surface area contributed by atoms with Crippen molar-refractivity contribution in [2.24, 2.45) is 0 Å². The third kappa shape index (κ3) is 3.10. The fourth-order valence-corrected chi connectivity index (χ4v) is 4.98. The van der Waals surface area contributed by atoms with Gasteiger partial charge in [0.15, 0.2) is 0 Å². The molecule has 0 spiro atoms. The third-order valence-corrected chi connectivity index (χ3v) is 6.36. The lowest BCUT2D eigenvalue weighted by Gasteiger charge is -2.23. The van der Waals surface area contributed by atoms with Crippen LogP contribution in [0.15, 0.2) is 41.3 Å². The van der Waals surface area contributed by atoms with Gasteiger partial charge in [0.25, 0.3) is 11.7 Å². The van der Waals surface area contributed by atoms with E-state index in [2.05, 4.69) is 0 Å². The van der Waals surface area contributed by atoms with Crippen molar-refractivity contribution in [3.8, 4) is 0 Å². The molecule has 1 fully saturated rings. The molecule has 1 aliphatic carbocycles. The molecule has 1 N–H and O–H groups in total. The number of hydrogen-bond acceptors (Lipinski definition) is 4. The average Bonchev–Trinajstić information content (AvgIpc) is 3.30. The van der Waals surface area contributed by atoms with Gasteiger partial charge in [-0.25, -0.2) is 0 Å². The first-order valence-electron chi connectivity index (χ1n) is 9.55. The number of benzene rings is 1. The summed E-state index contributed by atoms with van der Waals surface area (Å²) < 4.78 is 0. The largest absolute Gasteiger partial charge is 0.507 e. The highest BCUT2D eigenvalue weighted by atomic mass is 32.1. The van der Waals surface area contributed by atoms with Gasteiger partial charge in [0, 0.05) is 17.0 Å². The Kier molecular flexibility index (Phi) is 4.87. The average molecular weight is 381 g/mol. The molecule has 1 atom stereocenters. The zero-order valence-electron chi connectivity index (χ0n) is 15.4. The predicted octanol–water partition coefficient (Wildman–Crippen LogP) is 4.46. The topological polar surface area (TPSA) is 57.6 Å². The molecule has 2 heterocycles. The summed E-state index contributed by atoms with van der Waals surface area (Å²) in [5, 5.41) is 13.0. The summed E-state index contributed by atoms with van der Waals surface area (Å²) in [4.78, 5) is 27.9. The molecule has 0 bridgehead atoms. The van der Waals surface area contributed by atoms with Gasteiger partial charge in [-0.05, 0) is 60.7 Å². The summed E-state index contributed by atoms with van der Waals surface area (Å²) in [5.74, 6) is -1.16. The summed E-state index contributed by atoms with van der Waals surface area (Å²) in [7, 11) is 0. The molecule has 1 aromatic carbocycles. The Morgan fingerprint density at radius 2 is 1.96 bits per heavy atom. The number of amides is 1. The van der Waals surface area contributed by atoms with Gasteiger partial charge in [-0.1, -0.05) is 25.1 Å². The number of rotatable bonds is 4. The van der Waals surface area contributed by atoms with Crippen LogP contribution in [0.2, 0.25) is 0 Å². The van der Waals surface area contributed by atoms with Crippen molar-refractivity contribution in [2.45, 2.75) is 45.1 Å². The van der Waals surface area contributed by atoms with E-state index in [0.717, 1.165) is 30.6 Å². The van der Waals surface area contributed by atoms with Gasteiger partial charge in [0.05, 0.1) is 11.6 Å². The Bertz CT molecular complexity index is 914. The molecule has 0 radical (unpaired) electrons. The molecule has 1 amide bonds. The molecule has 0 saturated carbocycles. The fourth-order valence-electron chi connectivity index (χ4n) is 4.13. The van der Waals surface area contributed by atoms with Crippen molar-refractivity contribution in [2.75, 3.05) is 6.54 Å². The predicted molar refractivity (Wildman–Crippen MR) is 107 cm³/mol. The number of hydrogen-bond donors (Lipinski definition) is 1. The first-order valence-corrected chi connectivity index (χ1v) is 10.4. The summed E-state index contributed by atoms with van der Waals surface area (Å²) in [6.07, 6.45) is 5.15. The number of carbonyl (C=O) groups excluding carboxylic acids is 2. The Labute approximate surface area is 163 Å². The smallest absolute Gasteiger partial charge is 0.295 e. The number of aliphatic hydroxyl groups excluding tert-OH is 1. The molecular weight excluding hydrogens is 358 g/mol. The molecule has 140 valence electrons. The zero-order chi connectivity index (χ0) is 19.0. The van der Waals surface area contributed by atoms with E-state index in [4.69, 9.17) is 0 Å². The maximum absolute atomic E-state index is 12.8. The summed E-state index contributed by atoms with van der Waals surface area (Å²) in [6, 6.07) is 9.24. The molecule has 1 aliphatic heterocycles. The van der Waals surface area contributed by atoms with Crippen LogP contribution in [0.1, 0.15) is 53.8 Å². The van der Waals surface area contributed by atoms with Crippen LogP contribution in [0.3, 0.4) is 0 Å². The second-order valence-corrected chi connectivity index (χ2v) is 8.18.